The van der Waals surface area contributed by atoms with E-state index in [1.807, 2.05) is 43.3 Å². The molecule has 0 radical (unpaired) electrons. The number of ether oxygens (including phenoxy) is 1. The van der Waals surface area contributed by atoms with Crippen LogP contribution in [0, 0.1) is 6.92 Å². The molecule has 1 aromatic carbocycles. The molecule has 0 aliphatic heterocycles. The van der Waals surface area contributed by atoms with Gasteiger partial charge in [0.2, 0.25) is 5.91 Å². The van der Waals surface area contributed by atoms with Crippen LogP contribution >= 0.6 is 27.3 Å². The average molecular weight is 397 g/mol. The normalized spacial score (nSPS) is 11.6. The Morgan fingerprint density at radius 3 is 2.61 bits per heavy atom. The lowest BCUT2D eigenvalue weighted by atomic mass is 10.2. The summed E-state index contributed by atoms with van der Waals surface area (Å²) in [6.45, 7) is 3.71. The van der Waals surface area contributed by atoms with E-state index in [0.29, 0.717) is 0 Å². The molecule has 0 saturated heterocycles. The highest BCUT2D eigenvalue weighted by Gasteiger charge is 2.17. The molecule has 5 nitrogen and oxygen atoms in total. The first-order valence-electron chi connectivity index (χ1n) is 6.99. The predicted molar refractivity (Wildman–Crippen MR) is 94.6 cm³/mol. The Morgan fingerprint density at radius 2 is 2.00 bits per heavy atom. The quantitative estimate of drug-likeness (QED) is 0.799. The number of aryl methyl sites for hydroxylation is 1. The van der Waals surface area contributed by atoms with Gasteiger partial charge in [0.25, 0.3) is 0 Å². The van der Waals surface area contributed by atoms with Crippen LogP contribution < -0.4 is 10.6 Å². The van der Waals surface area contributed by atoms with Gasteiger partial charge in [-0.05, 0) is 47.0 Å². The molecule has 1 aromatic heterocycles. The Morgan fingerprint density at radius 1 is 1.30 bits per heavy atom. The van der Waals surface area contributed by atoms with Gasteiger partial charge in [-0.25, -0.2) is 4.79 Å². The number of alkyl carbamates (subject to hydrolysis) is 1. The first kappa shape index (κ1) is 17.5. The molecule has 7 heteroatoms. The minimum absolute atomic E-state index is 0.165. The zero-order chi connectivity index (χ0) is 16.8. The van der Waals surface area contributed by atoms with Gasteiger partial charge in [0.15, 0.2) is 0 Å². The number of hydrogen-bond acceptors (Lipinski definition) is 4. The largest absolute Gasteiger partial charge is 0.445 e. The van der Waals surface area contributed by atoms with Crippen molar-refractivity contribution >= 4 is 44.3 Å². The lowest BCUT2D eigenvalue weighted by molar-refractivity contribution is -0.117. The minimum Gasteiger partial charge on any atom is -0.445 e. The van der Waals surface area contributed by atoms with Gasteiger partial charge in [0, 0.05) is 0 Å². The van der Waals surface area contributed by atoms with Crippen molar-refractivity contribution < 1.29 is 14.3 Å². The summed E-state index contributed by atoms with van der Waals surface area (Å²) in [6, 6.07) is 10.5. The Kier molecular flexibility index (Phi) is 6.18. The first-order valence-corrected chi connectivity index (χ1v) is 8.60. The number of benzene rings is 1. The third-order valence-electron chi connectivity index (χ3n) is 3.04. The molecule has 2 aromatic rings. The van der Waals surface area contributed by atoms with Crippen molar-refractivity contribution in [3.05, 3.63) is 51.3 Å². The summed E-state index contributed by atoms with van der Waals surface area (Å²) in [7, 11) is 0. The van der Waals surface area contributed by atoms with Crippen molar-refractivity contribution in [2.75, 3.05) is 5.32 Å². The first-order chi connectivity index (χ1) is 11.0. The number of amides is 2. The highest BCUT2D eigenvalue weighted by atomic mass is 79.9. The van der Waals surface area contributed by atoms with Gasteiger partial charge in [0.05, 0.1) is 8.79 Å². The van der Waals surface area contributed by atoms with Crippen LogP contribution in [-0.2, 0) is 16.1 Å². The average Bonchev–Trinajstić information content (AvgIpc) is 2.84. The zero-order valence-electron chi connectivity index (χ0n) is 12.8. The summed E-state index contributed by atoms with van der Waals surface area (Å²) in [5.74, 6) is -0.296. The van der Waals surface area contributed by atoms with E-state index in [4.69, 9.17) is 4.74 Å². The van der Waals surface area contributed by atoms with Crippen LogP contribution in [0.1, 0.15) is 18.1 Å². The zero-order valence-corrected chi connectivity index (χ0v) is 15.2. The molecule has 2 N–H and O–H groups in total. The second kappa shape index (κ2) is 8.12. The van der Waals surface area contributed by atoms with E-state index in [1.165, 1.54) is 11.3 Å². The number of nitrogens with one attached hydrogen (secondary N) is 2. The molecule has 0 aliphatic carbocycles. The van der Waals surface area contributed by atoms with Gasteiger partial charge in [-0.15, -0.1) is 11.3 Å². The molecule has 0 fully saturated rings. The van der Waals surface area contributed by atoms with Crippen LogP contribution in [-0.4, -0.2) is 18.0 Å². The van der Waals surface area contributed by atoms with Crippen molar-refractivity contribution in [2.24, 2.45) is 0 Å². The standard InChI is InChI=1S/C16H17BrN2O3S/c1-10-8-13(23-14(10)17)19-15(20)11(2)18-16(21)22-9-12-6-4-3-5-7-12/h3-8,11H,9H2,1-2H3,(H,18,21)(H,19,20)/t11-/m0/s1. The molecule has 1 atom stereocenters. The van der Waals surface area contributed by atoms with Crippen LogP contribution in [0.5, 0.6) is 0 Å². The van der Waals surface area contributed by atoms with Crippen LogP contribution in [0.2, 0.25) is 0 Å². The molecular formula is C16H17BrN2O3S. The molecular weight excluding hydrogens is 380 g/mol. The van der Waals surface area contributed by atoms with E-state index < -0.39 is 12.1 Å². The number of rotatable bonds is 5. The van der Waals surface area contributed by atoms with E-state index in [0.717, 1.165) is 19.9 Å². The smallest absolute Gasteiger partial charge is 0.408 e. The van der Waals surface area contributed by atoms with Gasteiger partial charge in [0.1, 0.15) is 12.6 Å². The molecule has 0 bridgehead atoms. The third-order valence-corrected chi connectivity index (χ3v) is 5.10. The second-order valence-corrected chi connectivity index (χ2v) is 7.35. The van der Waals surface area contributed by atoms with Crippen LogP contribution in [0.15, 0.2) is 40.2 Å². The fraction of sp³-hybridized carbons (Fsp3) is 0.250. The number of thiophene rings is 1. The number of anilines is 1. The molecule has 0 aliphatic rings. The maximum Gasteiger partial charge on any atom is 0.408 e. The Labute approximate surface area is 147 Å². The monoisotopic (exact) mass is 396 g/mol. The number of carbonyl (C=O) groups excluding carboxylic acids is 2. The van der Waals surface area contributed by atoms with E-state index in [1.54, 1.807) is 6.92 Å². The maximum atomic E-state index is 12.1. The highest BCUT2D eigenvalue weighted by molar-refractivity contribution is 9.11. The Balaban J connectivity index is 1.79. The number of hydrogen-bond donors (Lipinski definition) is 2. The van der Waals surface area contributed by atoms with Crippen molar-refractivity contribution in [1.82, 2.24) is 5.32 Å². The summed E-state index contributed by atoms with van der Waals surface area (Å²) in [5.41, 5.74) is 1.94. The number of carbonyl (C=O) groups is 2. The number of halogens is 1. The van der Waals surface area contributed by atoms with Gasteiger partial charge in [-0.2, -0.15) is 0 Å². The van der Waals surface area contributed by atoms with Crippen LogP contribution in [0.4, 0.5) is 9.80 Å². The minimum atomic E-state index is -0.695. The summed E-state index contributed by atoms with van der Waals surface area (Å²) in [4.78, 5) is 23.8. The van der Waals surface area contributed by atoms with E-state index >= 15 is 0 Å². The van der Waals surface area contributed by atoms with Crippen molar-refractivity contribution in [3.8, 4) is 0 Å². The maximum absolute atomic E-state index is 12.1. The predicted octanol–water partition coefficient (Wildman–Crippen LogP) is 4.07. The van der Waals surface area contributed by atoms with Crippen molar-refractivity contribution in [2.45, 2.75) is 26.5 Å². The van der Waals surface area contributed by atoms with Crippen molar-refractivity contribution in [1.29, 1.82) is 0 Å². The molecule has 0 saturated carbocycles. The molecule has 0 unspecified atom stereocenters. The molecule has 23 heavy (non-hydrogen) atoms. The summed E-state index contributed by atoms with van der Waals surface area (Å²) in [6.07, 6.45) is -0.625. The molecule has 1 heterocycles. The molecule has 2 rings (SSSR count). The van der Waals surface area contributed by atoms with E-state index in [2.05, 4.69) is 26.6 Å². The van der Waals surface area contributed by atoms with Crippen LogP contribution in [0.3, 0.4) is 0 Å². The van der Waals surface area contributed by atoms with Gasteiger partial charge in [-0.3, -0.25) is 4.79 Å². The molecule has 122 valence electrons. The summed E-state index contributed by atoms with van der Waals surface area (Å²) < 4.78 is 6.06. The Bertz CT molecular complexity index is 668. The SMILES string of the molecule is Cc1cc(NC(=O)[C@H](C)NC(=O)OCc2ccccc2)sc1Br. The fourth-order valence-electron chi connectivity index (χ4n) is 1.76. The van der Waals surface area contributed by atoms with Gasteiger partial charge < -0.3 is 15.4 Å². The Hall–Kier alpha value is -1.86. The highest BCUT2D eigenvalue weighted by Crippen LogP contribution is 2.31. The lowest BCUT2D eigenvalue weighted by Crippen LogP contribution is -2.41. The molecule has 2 amide bonds. The second-order valence-electron chi connectivity index (χ2n) is 4.98. The summed E-state index contributed by atoms with van der Waals surface area (Å²) >= 11 is 4.83. The van der Waals surface area contributed by atoms with Gasteiger partial charge >= 0.3 is 6.09 Å². The lowest BCUT2D eigenvalue weighted by Gasteiger charge is -2.13. The summed E-state index contributed by atoms with van der Waals surface area (Å²) in [5, 5.41) is 6.00. The fourth-order valence-corrected chi connectivity index (χ4v) is 3.20. The van der Waals surface area contributed by atoms with E-state index in [-0.39, 0.29) is 12.5 Å². The van der Waals surface area contributed by atoms with Crippen LogP contribution in [0.25, 0.3) is 0 Å². The van der Waals surface area contributed by atoms with Gasteiger partial charge in [-0.1, -0.05) is 30.3 Å². The van der Waals surface area contributed by atoms with E-state index in [9.17, 15) is 9.59 Å². The topological polar surface area (TPSA) is 67.4 Å². The molecule has 0 spiro atoms. The van der Waals surface area contributed by atoms with Crippen molar-refractivity contribution in [3.63, 3.8) is 0 Å². The third kappa shape index (κ3) is 5.37.